The van der Waals surface area contributed by atoms with Crippen molar-refractivity contribution < 1.29 is 12.9 Å². The van der Waals surface area contributed by atoms with Gasteiger partial charge in [0.05, 0.1) is 5.75 Å². The van der Waals surface area contributed by atoms with Crippen LogP contribution in [-0.4, -0.2) is 55.7 Å². The van der Waals surface area contributed by atoms with Crippen LogP contribution in [-0.2, 0) is 16.3 Å². The summed E-state index contributed by atoms with van der Waals surface area (Å²) in [6, 6.07) is 0.0251. The zero-order chi connectivity index (χ0) is 18.9. The lowest BCUT2D eigenvalue weighted by atomic mass is 10.2. The van der Waals surface area contributed by atoms with Crippen molar-refractivity contribution in [2.24, 2.45) is 4.99 Å². The molecule has 26 heavy (non-hydrogen) atoms. The normalized spacial score (nSPS) is 13.4. The fourth-order valence-corrected chi connectivity index (χ4v) is 2.82. The Balaban J connectivity index is 0.00000625. The number of aromatic nitrogens is 2. The van der Waals surface area contributed by atoms with Gasteiger partial charge in [-0.1, -0.05) is 19.0 Å². The number of hydrogen-bond donors (Lipinski definition) is 2. The molecular formula is C16H32IN5O3S. The second-order valence-corrected chi connectivity index (χ2v) is 8.79. The Labute approximate surface area is 173 Å². The molecule has 0 aliphatic carbocycles. The Morgan fingerprint density at radius 1 is 1.31 bits per heavy atom. The molecule has 0 saturated heterocycles. The maximum atomic E-state index is 11.2. The van der Waals surface area contributed by atoms with Crippen molar-refractivity contribution in [3.8, 4) is 0 Å². The van der Waals surface area contributed by atoms with Crippen molar-refractivity contribution in [2.75, 3.05) is 25.1 Å². The molecule has 0 amide bonds. The number of aryl methyl sites for hydroxylation is 1. The second kappa shape index (κ2) is 12.5. The van der Waals surface area contributed by atoms with Gasteiger partial charge < -0.3 is 15.2 Å². The van der Waals surface area contributed by atoms with Gasteiger partial charge in [0.2, 0.25) is 5.89 Å². The highest BCUT2D eigenvalue weighted by Crippen LogP contribution is 2.10. The van der Waals surface area contributed by atoms with E-state index in [-0.39, 0.29) is 41.7 Å². The van der Waals surface area contributed by atoms with Gasteiger partial charge in [-0.25, -0.2) is 8.42 Å². The molecule has 0 fully saturated rings. The van der Waals surface area contributed by atoms with Crippen molar-refractivity contribution in [2.45, 2.75) is 58.9 Å². The van der Waals surface area contributed by atoms with Crippen molar-refractivity contribution in [1.29, 1.82) is 0 Å². The monoisotopic (exact) mass is 501 g/mol. The van der Waals surface area contributed by atoms with Gasteiger partial charge in [-0.3, -0.25) is 4.99 Å². The largest absolute Gasteiger partial charge is 0.357 e. The van der Waals surface area contributed by atoms with Gasteiger partial charge in [0.15, 0.2) is 11.8 Å². The first kappa shape index (κ1) is 25.1. The highest BCUT2D eigenvalue weighted by atomic mass is 127. The van der Waals surface area contributed by atoms with Crippen LogP contribution in [0.25, 0.3) is 0 Å². The summed E-state index contributed by atoms with van der Waals surface area (Å²) in [5.41, 5.74) is 0. The van der Waals surface area contributed by atoms with Crippen molar-refractivity contribution in [3.63, 3.8) is 0 Å². The average molecular weight is 501 g/mol. The Morgan fingerprint density at radius 2 is 2.00 bits per heavy atom. The van der Waals surface area contributed by atoms with E-state index in [1.54, 1.807) is 0 Å². The molecule has 1 heterocycles. The summed E-state index contributed by atoms with van der Waals surface area (Å²) in [6.07, 6.45) is 3.28. The predicted molar refractivity (Wildman–Crippen MR) is 115 cm³/mol. The Kier molecular flexibility index (Phi) is 12.0. The van der Waals surface area contributed by atoms with Crippen LogP contribution in [0.5, 0.6) is 0 Å². The Hall–Kier alpha value is -0.910. The molecule has 0 spiro atoms. The Bertz CT molecular complexity index is 646. The molecule has 0 aliphatic heterocycles. The number of halogens is 1. The van der Waals surface area contributed by atoms with E-state index in [4.69, 9.17) is 4.52 Å². The first-order valence-corrected chi connectivity index (χ1v) is 10.8. The van der Waals surface area contributed by atoms with Gasteiger partial charge in [0.25, 0.3) is 0 Å². The second-order valence-electron chi connectivity index (χ2n) is 6.53. The smallest absolute Gasteiger partial charge is 0.226 e. The first-order chi connectivity index (χ1) is 11.7. The zero-order valence-corrected chi connectivity index (χ0v) is 19.4. The fraction of sp³-hybridized carbons (Fsp3) is 0.812. The molecule has 2 N–H and O–H groups in total. The van der Waals surface area contributed by atoms with Crippen LogP contribution in [0.1, 0.15) is 58.2 Å². The summed E-state index contributed by atoms with van der Waals surface area (Å²) in [6.45, 7) is 9.35. The number of sulfone groups is 1. The number of aliphatic imine (C=N–C) groups is 1. The summed E-state index contributed by atoms with van der Waals surface area (Å²) < 4.78 is 27.7. The molecule has 0 saturated carbocycles. The summed E-state index contributed by atoms with van der Waals surface area (Å²) in [4.78, 5) is 8.85. The van der Waals surface area contributed by atoms with E-state index in [9.17, 15) is 8.42 Å². The third-order valence-electron chi connectivity index (χ3n) is 3.47. The molecule has 8 nitrogen and oxygen atoms in total. The lowest BCUT2D eigenvalue weighted by Crippen LogP contribution is -2.42. The quantitative estimate of drug-likeness (QED) is 0.219. The van der Waals surface area contributed by atoms with Crippen LogP contribution in [0.3, 0.4) is 0 Å². The van der Waals surface area contributed by atoms with Crippen LogP contribution in [0.2, 0.25) is 0 Å². The molecule has 152 valence electrons. The maximum absolute atomic E-state index is 11.2. The minimum atomic E-state index is -2.95. The SMILES string of the molecule is CCNC(=NCCCc1nc(C(C)C)no1)NC(C)CCS(C)(=O)=O.I. The van der Waals surface area contributed by atoms with Crippen molar-refractivity contribution in [3.05, 3.63) is 11.7 Å². The lowest BCUT2D eigenvalue weighted by Gasteiger charge is -2.17. The van der Waals surface area contributed by atoms with Crippen molar-refractivity contribution >= 4 is 39.8 Å². The first-order valence-electron chi connectivity index (χ1n) is 8.76. The fourth-order valence-electron chi connectivity index (χ4n) is 2.04. The summed E-state index contributed by atoms with van der Waals surface area (Å²) in [5.74, 6) is 2.48. The molecule has 1 aromatic heterocycles. The molecular weight excluding hydrogens is 469 g/mol. The molecule has 1 atom stereocenters. The summed E-state index contributed by atoms with van der Waals surface area (Å²) in [5, 5.41) is 10.3. The molecule has 1 unspecified atom stereocenters. The average Bonchev–Trinajstić information content (AvgIpc) is 2.98. The highest BCUT2D eigenvalue weighted by Gasteiger charge is 2.10. The van der Waals surface area contributed by atoms with Gasteiger partial charge in [-0.2, -0.15) is 4.98 Å². The highest BCUT2D eigenvalue weighted by molar-refractivity contribution is 14.0. The van der Waals surface area contributed by atoms with E-state index in [1.165, 1.54) is 6.26 Å². The molecule has 0 aromatic carbocycles. The number of guanidine groups is 1. The minimum absolute atomic E-state index is 0. The predicted octanol–water partition coefficient (Wildman–Crippen LogP) is 2.12. The number of nitrogens with one attached hydrogen (secondary N) is 2. The lowest BCUT2D eigenvalue weighted by molar-refractivity contribution is 0.369. The number of rotatable bonds is 10. The zero-order valence-electron chi connectivity index (χ0n) is 16.3. The molecule has 0 aliphatic rings. The molecule has 10 heteroatoms. The van der Waals surface area contributed by atoms with Crippen LogP contribution >= 0.6 is 24.0 Å². The van der Waals surface area contributed by atoms with E-state index < -0.39 is 9.84 Å². The molecule has 0 radical (unpaired) electrons. The number of nitrogens with zero attached hydrogens (tertiary/aromatic N) is 3. The molecule has 1 rings (SSSR count). The third-order valence-corrected chi connectivity index (χ3v) is 4.45. The molecule has 1 aromatic rings. The van der Waals surface area contributed by atoms with Crippen LogP contribution in [0.15, 0.2) is 9.52 Å². The van der Waals surface area contributed by atoms with Gasteiger partial charge >= 0.3 is 0 Å². The summed E-state index contributed by atoms with van der Waals surface area (Å²) >= 11 is 0. The standard InChI is InChI=1S/C16H31N5O3S.HI/c1-6-17-16(19-13(4)9-11-25(5,22)23)18-10-7-8-14-20-15(12(2)3)21-24-14;/h12-13H,6-11H2,1-5H3,(H2,17,18,19);1H. The van der Waals surface area contributed by atoms with Crippen molar-refractivity contribution in [1.82, 2.24) is 20.8 Å². The maximum Gasteiger partial charge on any atom is 0.226 e. The van der Waals surface area contributed by atoms with Crippen LogP contribution in [0.4, 0.5) is 0 Å². The summed E-state index contributed by atoms with van der Waals surface area (Å²) in [7, 11) is -2.95. The minimum Gasteiger partial charge on any atom is -0.357 e. The van der Waals surface area contributed by atoms with Gasteiger partial charge in [0.1, 0.15) is 9.84 Å². The van der Waals surface area contributed by atoms with Crippen LogP contribution in [0, 0.1) is 0 Å². The van der Waals surface area contributed by atoms with E-state index in [0.717, 1.165) is 18.8 Å². The molecule has 0 bridgehead atoms. The van der Waals surface area contributed by atoms with E-state index in [1.807, 2.05) is 27.7 Å². The van der Waals surface area contributed by atoms with Crippen LogP contribution < -0.4 is 10.6 Å². The Morgan fingerprint density at radius 3 is 2.54 bits per heavy atom. The third kappa shape index (κ3) is 10.9. The number of hydrogen-bond acceptors (Lipinski definition) is 6. The van der Waals surface area contributed by atoms with E-state index in [2.05, 4.69) is 25.8 Å². The van der Waals surface area contributed by atoms with Gasteiger partial charge in [-0.05, 0) is 26.7 Å². The van der Waals surface area contributed by atoms with Gasteiger partial charge in [-0.15, -0.1) is 24.0 Å². The van der Waals surface area contributed by atoms with E-state index >= 15 is 0 Å². The topological polar surface area (TPSA) is 109 Å². The van der Waals surface area contributed by atoms with E-state index in [0.29, 0.717) is 31.2 Å². The van der Waals surface area contributed by atoms with Gasteiger partial charge in [0, 0.05) is 37.7 Å².